The van der Waals surface area contributed by atoms with Crippen molar-refractivity contribution >= 4 is 47.2 Å². The van der Waals surface area contributed by atoms with Crippen LogP contribution in [0.2, 0.25) is 5.02 Å². The summed E-state index contributed by atoms with van der Waals surface area (Å²) in [4.78, 5) is 49.9. The van der Waals surface area contributed by atoms with Crippen LogP contribution in [0.3, 0.4) is 0 Å². The molecule has 0 spiro atoms. The topological polar surface area (TPSA) is 136 Å². The van der Waals surface area contributed by atoms with E-state index in [0.29, 0.717) is 27.8 Å². The average Bonchev–Trinajstić information content (AvgIpc) is 3.49. The summed E-state index contributed by atoms with van der Waals surface area (Å²) in [5, 5.41) is 5.76. The summed E-state index contributed by atoms with van der Waals surface area (Å²) < 4.78 is 20.9. The molecule has 196 valence electrons. The molecule has 2 N–H and O–H groups in total. The van der Waals surface area contributed by atoms with Crippen LogP contribution in [-0.2, 0) is 20.9 Å². The molecule has 0 saturated carbocycles. The number of halogens is 1. The number of carbonyl (C=O) groups excluding carboxylic acids is 4. The molecule has 4 amide bonds. The first-order valence-electron chi connectivity index (χ1n) is 11.1. The molecular formula is C26H22ClN3O8. The molecule has 0 atom stereocenters. The van der Waals surface area contributed by atoms with Gasteiger partial charge in [0.2, 0.25) is 5.76 Å². The lowest BCUT2D eigenvalue weighted by Crippen LogP contribution is -2.30. The summed E-state index contributed by atoms with van der Waals surface area (Å²) in [6.07, 6.45) is 1.47. The number of ether oxygens (including phenoxy) is 3. The van der Waals surface area contributed by atoms with E-state index in [9.17, 15) is 19.2 Å². The van der Waals surface area contributed by atoms with Crippen LogP contribution in [0.1, 0.15) is 21.9 Å². The molecule has 11 nitrogen and oxygen atoms in total. The summed E-state index contributed by atoms with van der Waals surface area (Å²) in [7, 11) is 2.65. The summed E-state index contributed by atoms with van der Waals surface area (Å²) in [6, 6.07) is 13.7. The molecule has 0 radical (unpaired) electrons. The van der Waals surface area contributed by atoms with Crippen molar-refractivity contribution in [2.75, 3.05) is 26.1 Å². The van der Waals surface area contributed by atoms with E-state index >= 15 is 0 Å². The van der Waals surface area contributed by atoms with Crippen LogP contribution < -0.4 is 20.1 Å². The van der Waals surface area contributed by atoms with Gasteiger partial charge in [0.15, 0.2) is 18.1 Å². The number of furan rings is 1. The van der Waals surface area contributed by atoms with E-state index in [1.165, 1.54) is 32.4 Å². The van der Waals surface area contributed by atoms with Crippen molar-refractivity contribution in [3.05, 3.63) is 82.4 Å². The number of methoxy groups -OCH3 is 2. The lowest BCUT2D eigenvalue weighted by atomic mass is 10.1. The second-order valence-corrected chi connectivity index (χ2v) is 8.33. The van der Waals surface area contributed by atoms with Gasteiger partial charge in [-0.1, -0.05) is 17.7 Å². The number of nitrogens with one attached hydrogen (secondary N) is 2. The third-order valence-electron chi connectivity index (χ3n) is 5.31. The highest BCUT2D eigenvalue weighted by atomic mass is 35.5. The minimum absolute atomic E-state index is 0.0350. The zero-order valence-electron chi connectivity index (χ0n) is 20.3. The van der Waals surface area contributed by atoms with Crippen molar-refractivity contribution in [2.24, 2.45) is 0 Å². The van der Waals surface area contributed by atoms with Crippen molar-refractivity contribution in [1.82, 2.24) is 10.2 Å². The van der Waals surface area contributed by atoms with E-state index < -0.39 is 17.9 Å². The van der Waals surface area contributed by atoms with E-state index in [0.717, 1.165) is 4.90 Å². The van der Waals surface area contributed by atoms with Crippen LogP contribution in [0.5, 0.6) is 11.5 Å². The summed E-state index contributed by atoms with van der Waals surface area (Å²) in [6.45, 7) is -0.444. The number of imide groups is 1. The Bertz CT molecular complexity index is 1410. The number of carbonyl (C=O) groups is 4. The highest BCUT2D eigenvalue weighted by molar-refractivity contribution is 6.30. The lowest BCUT2D eigenvalue weighted by Gasteiger charge is -2.12. The maximum atomic E-state index is 12.8. The smallest absolute Gasteiger partial charge is 0.373 e. The number of urea groups is 1. The fraction of sp³-hybridized carbons (Fsp3) is 0.154. The van der Waals surface area contributed by atoms with Crippen LogP contribution >= 0.6 is 11.6 Å². The molecular weight excluding hydrogens is 518 g/mol. The molecule has 0 bridgehead atoms. The van der Waals surface area contributed by atoms with Gasteiger partial charge < -0.3 is 29.3 Å². The van der Waals surface area contributed by atoms with E-state index in [2.05, 4.69) is 15.4 Å². The van der Waals surface area contributed by atoms with Crippen LogP contribution in [0.4, 0.5) is 10.5 Å². The van der Waals surface area contributed by atoms with Gasteiger partial charge in [-0.05, 0) is 60.2 Å². The summed E-state index contributed by atoms with van der Waals surface area (Å²) in [5.74, 6) is -0.806. The quantitative estimate of drug-likeness (QED) is 0.238. The van der Waals surface area contributed by atoms with Gasteiger partial charge in [-0.25, -0.2) is 9.59 Å². The monoisotopic (exact) mass is 539 g/mol. The van der Waals surface area contributed by atoms with Crippen LogP contribution in [0, 0.1) is 0 Å². The third kappa shape index (κ3) is 6.13. The van der Waals surface area contributed by atoms with Crippen molar-refractivity contribution in [2.45, 2.75) is 6.54 Å². The molecule has 1 aromatic heterocycles. The van der Waals surface area contributed by atoms with Crippen molar-refractivity contribution < 1.29 is 37.8 Å². The second-order valence-electron chi connectivity index (χ2n) is 7.89. The van der Waals surface area contributed by atoms with Gasteiger partial charge in [-0.15, -0.1) is 0 Å². The number of nitrogens with zero attached hydrogens (tertiary/aromatic N) is 1. The molecule has 1 fully saturated rings. The molecule has 38 heavy (non-hydrogen) atoms. The average molecular weight is 540 g/mol. The third-order valence-corrected chi connectivity index (χ3v) is 5.56. The largest absolute Gasteiger partial charge is 0.493 e. The van der Waals surface area contributed by atoms with Gasteiger partial charge in [0.25, 0.3) is 11.8 Å². The number of esters is 1. The van der Waals surface area contributed by atoms with Gasteiger partial charge in [0.1, 0.15) is 11.5 Å². The Morgan fingerprint density at radius 1 is 1.05 bits per heavy atom. The van der Waals surface area contributed by atoms with Crippen molar-refractivity contribution in [1.29, 1.82) is 0 Å². The summed E-state index contributed by atoms with van der Waals surface area (Å²) in [5.41, 5.74) is 1.15. The molecule has 1 aliphatic heterocycles. The number of anilines is 1. The minimum atomic E-state index is -0.669. The molecule has 2 heterocycles. The zero-order valence-corrected chi connectivity index (χ0v) is 21.0. The molecule has 0 aliphatic carbocycles. The number of rotatable bonds is 9. The summed E-state index contributed by atoms with van der Waals surface area (Å²) >= 11 is 5.84. The molecule has 3 aromatic rings. The molecule has 2 aromatic carbocycles. The normalized spacial score (nSPS) is 13.9. The van der Waals surface area contributed by atoms with Crippen molar-refractivity contribution in [3.8, 4) is 11.5 Å². The van der Waals surface area contributed by atoms with Gasteiger partial charge in [0.05, 0.1) is 20.8 Å². The first-order valence-corrected chi connectivity index (χ1v) is 11.5. The zero-order chi connectivity index (χ0) is 27.2. The predicted molar refractivity (Wildman–Crippen MR) is 136 cm³/mol. The Hall–Kier alpha value is -4.77. The van der Waals surface area contributed by atoms with E-state index in [1.54, 1.807) is 42.5 Å². The van der Waals surface area contributed by atoms with Crippen LogP contribution in [0.15, 0.2) is 64.7 Å². The van der Waals surface area contributed by atoms with Crippen LogP contribution in [-0.4, -0.2) is 49.5 Å². The van der Waals surface area contributed by atoms with Gasteiger partial charge in [0, 0.05) is 10.7 Å². The highest BCUT2D eigenvalue weighted by Gasteiger charge is 2.34. The molecule has 1 aliphatic rings. The maximum absolute atomic E-state index is 12.8. The Balaban J connectivity index is 1.40. The standard InChI is InChI=1S/C26H22ClN3O8/c1-35-22-12-15(3-9-20(22)37-14-23(31)28-17-6-4-16(27)5-7-17)11-19-24(32)30(26(34)29-19)13-18-8-10-21(38-18)25(33)36-2/h3-12H,13-14H2,1-2H3,(H,28,31)(H,29,34)/b19-11-. The predicted octanol–water partition coefficient (Wildman–Crippen LogP) is 3.84. The maximum Gasteiger partial charge on any atom is 0.373 e. The Morgan fingerprint density at radius 3 is 2.53 bits per heavy atom. The fourth-order valence-electron chi connectivity index (χ4n) is 3.48. The highest BCUT2D eigenvalue weighted by Crippen LogP contribution is 2.29. The SMILES string of the molecule is COC(=O)c1ccc(CN2C(=O)N/C(=C\c3ccc(OCC(=O)Nc4ccc(Cl)cc4)c(OC)c3)C2=O)o1. The Kier molecular flexibility index (Phi) is 7.97. The van der Waals surface area contributed by atoms with E-state index in [4.69, 9.17) is 25.5 Å². The van der Waals surface area contributed by atoms with Crippen molar-refractivity contribution in [3.63, 3.8) is 0 Å². The Morgan fingerprint density at radius 2 is 1.82 bits per heavy atom. The van der Waals surface area contributed by atoms with E-state index in [-0.39, 0.29) is 36.3 Å². The van der Waals surface area contributed by atoms with Gasteiger partial charge in [-0.3, -0.25) is 14.5 Å². The lowest BCUT2D eigenvalue weighted by molar-refractivity contribution is -0.123. The van der Waals surface area contributed by atoms with E-state index in [1.807, 2.05) is 0 Å². The van der Waals surface area contributed by atoms with Gasteiger partial charge >= 0.3 is 12.0 Å². The minimum Gasteiger partial charge on any atom is -0.493 e. The first-order chi connectivity index (χ1) is 18.3. The van der Waals surface area contributed by atoms with Gasteiger partial charge in [-0.2, -0.15) is 0 Å². The molecule has 12 heteroatoms. The fourth-order valence-corrected chi connectivity index (χ4v) is 3.60. The second kappa shape index (κ2) is 11.5. The number of hydrogen-bond acceptors (Lipinski definition) is 8. The molecule has 4 rings (SSSR count). The number of amides is 4. The molecule has 1 saturated heterocycles. The first kappa shape index (κ1) is 26.3. The number of hydrogen-bond donors (Lipinski definition) is 2. The van der Waals surface area contributed by atoms with Crippen LogP contribution in [0.25, 0.3) is 6.08 Å². The number of benzene rings is 2. The molecule has 0 unspecified atom stereocenters. The Labute approximate surface area is 221 Å².